The number of hydrogen-bond acceptors (Lipinski definition) is 6. The quantitative estimate of drug-likeness (QED) is 0.480. The molecule has 0 fully saturated rings. The number of hydrogen-bond donors (Lipinski definition) is 2. The molecule has 0 aliphatic rings. The van der Waals surface area contributed by atoms with E-state index in [1.165, 1.54) is 35.3 Å². The maximum atomic E-state index is 13.1. The molecule has 2 heterocycles. The van der Waals surface area contributed by atoms with E-state index in [1.54, 1.807) is 12.1 Å². The van der Waals surface area contributed by atoms with Crippen molar-refractivity contribution in [1.82, 2.24) is 14.5 Å². The summed E-state index contributed by atoms with van der Waals surface area (Å²) in [6.45, 7) is 1.90. The summed E-state index contributed by atoms with van der Waals surface area (Å²) in [4.78, 5) is 33.9. The number of benzene rings is 2. The minimum atomic E-state index is -3.93. The summed E-state index contributed by atoms with van der Waals surface area (Å²) in [6.07, 6.45) is 2.69. The normalized spacial score (nSPS) is 12.4. The van der Waals surface area contributed by atoms with E-state index >= 15 is 0 Å². The fourth-order valence-electron chi connectivity index (χ4n) is 3.27. The second-order valence-electron chi connectivity index (χ2n) is 7.16. The van der Waals surface area contributed by atoms with Crippen LogP contribution in [0.5, 0.6) is 0 Å². The van der Waals surface area contributed by atoms with Crippen molar-refractivity contribution >= 4 is 32.5 Å². The van der Waals surface area contributed by atoms with Crippen LogP contribution in [0.15, 0.2) is 83.0 Å². The third-order valence-corrected chi connectivity index (χ3v) is 5.85. The molecule has 0 radical (unpaired) electrons. The number of nitrogens with two attached hydrogens (primary N) is 1. The molecule has 4 rings (SSSR count). The molecule has 4 aromatic rings. The van der Waals surface area contributed by atoms with Gasteiger partial charge in [0.15, 0.2) is 5.03 Å². The maximum absolute atomic E-state index is 13.1. The van der Waals surface area contributed by atoms with Crippen LogP contribution in [-0.2, 0) is 10.0 Å². The van der Waals surface area contributed by atoms with Crippen LogP contribution in [0.25, 0.3) is 10.9 Å². The van der Waals surface area contributed by atoms with E-state index in [0.29, 0.717) is 10.9 Å². The first-order chi connectivity index (χ1) is 15.2. The van der Waals surface area contributed by atoms with E-state index in [9.17, 15) is 18.0 Å². The predicted molar refractivity (Wildman–Crippen MR) is 120 cm³/mol. The molecular formula is C22H19N5O4S. The lowest BCUT2D eigenvalue weighted by Gasteiger charge is -2.15. The van der Waals surface area contributed by atoms with Crippen LogP contribution in [-0.4, -0.2) is 28.9 Å². The van der Waals surface area contributed by atoms with Crippen molar-refractivity contribution in [3.8, 4) is 0 Å². The van der Waals surface area contributed by atoms with Gasteiger partial charge < -0.3 is 5.32 Å². The molecule has 2 aromatic heterocycles. The Hall–Kier alpha value is -3.89. The number of nitrogens with zero attached hydrogens (tertiary/aromatic N) is 3. The van der Waals surface area contributed by atoms with E-state index in [0.717, 1.165) is 5.56 Å². The van der Waals surface area contributed by atoms with Crippen molar-refractivity contribution < 1.29 is 13.2 Å². The Bertz CT molecular complexity index is 1470. The first kappa shape index (κ1) is 21.3. The highest BCUT2D eigenvalue weighted by Gasteiger charge is 2.15. The molecule has 0 bridgehead atoms. The van der Waals surface area contributed by atoms with E-state index < -0.39 is 15.9 Å². The molecule has 1 atom stereocenters. The standard InChI is InChI=1S/C22H19N5O4S/c1-14(15-5-3-2-4-6-15)27-13-25-19-9-7-16(11-18(19)22(27)29)21(28)26-17-8-10-20(24-12-17)32(23,30)31/h2-14H,1H3,(H,26,28)(H2,23,30,31)/t14-/m1/s1. The van der Waals surface area contributed by atoms with Crippen LogP contribution in [0.2, 0.25) is 0 Å². The van der Waals surface area contributed by atoms with Crippen LogP contribution < -0.4 is 16.0 Å². The van der Waals surface area contributed by atoms with Crippen molar-refractivity contribution in [2.45, 2.75) is 18.0 Å². The Morgan fingerprint density at radius 2 is 1.81 bits per heavy atom. The topological polar surface area (TPSA) is 137 Å². The van der Waals surface area contributed by atoms with E-state index in [4.69, 9.17) is 5.14 Å². The number of fused-ring (bicyclic) bond motifs is 1. The van der Waals surface area contributed by atoms with Gasteiger partial charge in [-0.05, 0) is 42.8 Å². The van der Waals surface area contributed by atoms with Crippen molar-refractivity contribution in [3.05, 3.63) is 94.7 Å². The van der Waals surface area contributed by atoms with Gasteiger partial charge in [0.25, 0.3) is 21.5 Å². The fourth-order valence-corrected chi connectivity index (χ4v) is 3.73. The highest BCUT2D eigenvalue weighted by Crippen LogP contribution is 2.18. The number of aromatic nitrogens is 3. The Balaban J connectivity index is 1.64. The average Bonchev–Trinajstić information content (AvgIpc) is 2.79. The number of sulfonamides is 1. The SMILES string of the molecule is C[C@H](c1ccccc1)n1cnc2ccc(C(=O)Nc3ccc(S(N)(=O)=O)nc3)cc2c1=O. The summed E-state index contributed by atoms with van der Waals surface area (Å²) in [5.41, 5.74) is 1.70. The summed E-state index contributed by atoms with van der Waals surface area (Å²) in [7, 11) is -3.93. The number of amides is 1. The zero-order valence-corrected chi connectivity index (χ0v) is 17.8. The van der Waals surface area contributed by atoms with E-state index in [-0.39, 0.29) is 27.9 Å². The number of anilines is 1. The molecule has 0 spiro atoms. The second kappa shape index (κ2) is 8.33. The smallest absolute Gasteiger partial charge is 0.261 e. The molecule has 10 heteroatoms. The molecule has 1 amide bonds. The number of rotatable bonds is 5. The first-order valence-electron chi connectivity index (χ1n) is 9.60. The summed E-state index contributed by atoms with van der Waals surface area (Å²) in [5.74, 6) is -0.483. The van der Waals surface area contributed by atoms with Crippen LogP contribution in [0.3, 0.4) is 0 Å². The molecule has 3 N–H and O–H groups in total. The number of pyridine rings is 1. The second-order valence-corrected chi connectivity index (χ2v) is 8.67. The van der Waals surface area contributed by atoms with Crippen molar-refractivity contribution in [2.24, 2.45) is 5.14 Å². The zero-order valence-electron chi connectivity index (χ0n) is 17.0. The summed E-state index contributed by atoms with van der Waals surface area (Å²) >= 11 is 0. The van der Waals surface area contributed by atoms with Gasteiger partial charge in [0, 0.05) is 5.56 Å². The molecule has 0 saturated carbocycles. The van der Waals surface area contributed by atoms with Gasteiger partial charge in [-0.15, -0.1) is 0 Å². The lowest BCUT2D eigenvalue weighted by Crippen LogP contribution is -2.24. The summed E-state index contributed by atoms with van der Waals surface area (Å²) in [6, 6.07) is 16.5. The largest absolute Gasteiger partial charge is 0.321 e. The van der Waals surface area contributed by atoms with Crippen LogP contribution in [0.1, 0.15) is 28.9 Å². The van der Waals surface area contributed by atoms with Crippen LogP contribution in [0.4, 0.5) is 5.69 Å². The molecule has 162 valence electrons. The van der Waals surface area contributed by atoms with Crippen molar-refractivity contribution in [2.75, 3.05) is 5.32 Å². The molecule has 0 aliphatic carbocycles. The predicted octanol–water partition coefficient (Wildman–Crippen LogP) is 2.30. The Kier molecular flexibility index (Phi) is 5.56. The average molecular weight is 449 g/mol. The summed E-state index contributed by atoms with van der Waals surface area (Å²) in [5, 5.41) is 7.64. The monoisotopic (exact) mass is 449 g/mol. The Morgan fingerprint density at radius 1 is 1.06 bits per heavy atom. The van der Waals surface area contributed by atoms with Gasteiger partial charge >= 0.3 is 0 Å². The van der Waals surface area contributed by atoms with Gasteiger partial charge in [-0.2, -0.15) is 0 Å². The van der Waals surface area contributed by atoms with E-state index in [2.05, 4.69) is 15.3 Å². The number of carbonyl (C=O) groups is 1. The third kappa shape index (κ3) is 4.27. The van der Waals surface area contributed by atoms with E-state index in [1.807, 2.05) is 37.3 Å². The Morgan fingerprint density at radius 3 is 2.47 bits per heavy atom. The molecule has 32 heavy (non-hydrogen) atoms. The van der Waals surface area contributed by atoms with Crippen molar-refractivity contribution in [3.63, 3.8) is 0 Å². The Labute approximate surface area is 183 Å². The lowest BCUT2D eigenvalue weighted by molar-refractivity contribution is 0.102. The number of primary sulfonamides is 1. The zero-order chi connectivity index (χ0) is 22.9. The molecule has 2 aromatic carbocycles. The van der Waals surface area contributed by atoms with Gasteiger partial charge in [0.1, 0.15) is 0 Å². The molecule has 0 saturated heterocycles. The molecular weight excluding hydrogens is 430 g/mol. The molecule has 9 nitrogen and oxygen atoms in total. The van der Waals surface area contributed by atoms with Crippen LogP contribution >= 0.6 is 0 Å². The first-order valence-corrected chi connectivity index (χ1v) is 11.1. The van der Waals surface area contributed by atoms with Crippen molar-refractivity contribution in [1.29, 1.82) is 0 Å². The highest BCUT2D eigenvalue weighted by molar-refractivity contribution is 7.89. The number of carbonyl (C=O) groups excluding carboxylic acids is 1. The van der Waals surface area contributed by atoms with Crippen LogP contribution in [0, 0.1) is 0 Å². The lowest BCUT2D eigenvalue weighted by atomic mass is 10.1. The fraction of sp³-hybridized carbons (Fsp3) is 0.0909. The van der Waals surface area contributed by atoms with Gasteiger partial charge in [0.05, 0.1) is 35.2 Å². The number of nitrogens with one attached hydrogen (secondary N) is 1. The van der Waals surface area contributed by atoms with Gasteiger partial charge in [0.2, 0.25) is 0 Å². The maximum Gasteiger partial charge on any atom is 0.261 e. The molecule has 0 aliphatic heterocycles. The third-order valence-electron chi connectivity index (χ3n) is 5.03. The summed E-state index contributed by atoms with van der Waals surface area (Å²) < 4.78 is 24.1. The minimum absolute atomic E-state index is 0.235. The minimum Gasteiger partial charge on any atom is -0.321 e. The van der Waals surface area contributed by atoms with Gasteiger partial charge in [-0.1, -0.05) is 30.3 Å². The van der Waals surface area contributed by atoms with Gasteiger partial charge in [-0.25, -0.2) is 23.5 Å². The molecule has 0 unspecified atom stereocenters. The van der Waals surface area contributed by atoms with Gasteiger partial charge in [-0.3, -0.25) is 14.2 Å². The highest BCUT2D eigenvalue weighted by atomic mass is 32.2.